The lowest BCUT2D eigenvalue weighted by molar-refractivity contribution is -0.143. The first kappa shape index (κ1) is 19.3. The number of likely N-dealkylation sites (N-methyl/N-ethyl adjacent to an activating group) is 1. The summed E-state index contributed by atoms with van der Waals surface area (Å²) in [4.78, 5) is 28.2. The monoisotopic (exact) mass is 353 g/mol. The lowest BCUT2D eigenvalue weighted by atomic mass is 10.0. The standard InChI is InChI=1S/C18H25F2N3O2/c1-3-22-7-4-8-23(12(2)18(22)25)17(24)11-15(21)10-13-9-14(19)5-6-16(13)20/h5-6,9,12,15H,3-4,7-8,10-11,21H2,1-2H3/t12-,15-/m1/s1. The molecule has 0 radical (unpaired) electrons. The van der Waals surface area contributed by atoms with Crippen molar-refractivity contribution in [2.24, 2.45) is 5.73 Å². The lowest BCUT2D eigenvalue weighted by Crippen LogP contribution is -2.48. The molecule has 0 bridgehead atoms. The summed E-state index contributed by atoms with van der Waals surface area (Å²) in [6.45, 7) is 5.36. The second kappa shape index (κ2) is 8.38. The Labute approximate surface area is 146 Å². The molecule has 0 spiro atoms. The van der Waals surface area contributed by atoms with Crippen LogP contribution in [-0.4, -0.2) is 53.3 Å². The molecule has 0 saturated carbocycles. The predicted molar refractivity (Wildman–Crippen MR) is 90.7 cm³/mol. The van der Waals surface area contributed by atoms with Gasteiger partial charge in [0.1, 0.15) is 17.7 Å². The van der Waals surface area contributed by atoms with Gasteiger partial charge >= 0.3 is 0 Å². The van der Waals surface area contributed by atoms with E-state index in [1.54, 1.807) is 16.7 Å². The third-order valence-electron chi connectivity index (χ3n) is 4.59. The van der Waals surface area contributed by atoms with Crippen molar-refractivity contribution < 1.29 is 18.4 Å². The Balaban J connectivity index is 2.00. The van der Waals surface area contributed by atoms with E-state index in [1.165, 1.54) is 0 Å². The van der Waals surface area contributed by atoms with Crippen LogP contribution in [0.3, 0.4) is 0 Å². The highest BCUT2D eigenvalue weighted by Crippen LogP contribution is 2.16. The Morgan fingerprint density at radius 3 is 2.76 bits per heavy atom. The van der Waals surface area contributed by atoms with Crippen LogP contribution < -0.4 is 5.73 Å². The molecule has 1 aromatic rings. The summed E-state index contributed by atoms with van der Waals surface area (Å²) >= 11 is 0. The first-order chi connectivity index (χ1) is 11.8. The van der Waals surface area contributed by atoms with Crippen molar-refractivity contribution in [3.8, 4) is 0 Å². The molecule has 25 heavy (non-hydrogen) atoms. The van der Waals surface area contributed by atoms with Gasteiger partial charge < -0.3 is 15.5 Å². The number of nitrogens with zero attached hydrogens (tertiary/aromatic N) is 2. The molecule has 1 aliphatic rings. The van der Waals surface area contributed by atoms with E-state index in [9.17, 15) is 18.4 Å². The normalized spacial score (nSPS) is 19.7. The number of halogens is 2. The largest absolute Gasteiger partial charge is 0.341 e. The Hall–Kier alpha value is -2.02. The van der Waals surface area contributed by atoms with Crippen LogP contribution in [0, 0.1) is 11.6 Å². The summed E-state index contributed by atoms with van der Waals surface area (Å²) in [5.74, 6) is -1.39. The maximum absolute atomic E-state index is 13.7. The van der Waals surface area contributed by atoms with Crippen molar-refractivity contribution >= 4 is 11.8 Å². The second-order valence-electron chi connectivity index (χ2n) is 6.44. The van der Waals surface area contributed by atoms with Gasteiger partial charge in [-0.1, -0.05) is 0 Å². The van der Waals surface area contributed by atoms with Crippen LogP contribution in [0.4, 0.5) is 8.78 Å². The van der Waals surface area contributed by atoms with Gasteiger partial charge in [-0.2, -0.15) is 0 Å². The van der Waals surface area contributed by atoms with E-state index in [2.05, 4.69) is 0 Å². The van der Waals surface area contributed by atoms with E-state index < -0.39 is 23.7 Å². The van der Waals surface area contributed by atoms with Gasteiger partial charge in [-0.15, -0.1) is 0 Å². The molecule has 1 heterocycles. The highest BCUT2D eigenvalue weighted by molar-refractivity contribution is 5.88. The van der Waals surface area contributed by atoms with Gasteiger partial charge in [0.25, 0.3) is 0 Å². The molecule has 2 rings (SSSR count). The van der Waals surface area contributed by atoms with Gasteiger partial charge in [-0.05, 0) is 50.5 Å². The van der Waals surface area contributed by atoms with E-state index in [4.69, 9.17) is 5.73 Å². The van der Waals surface area contributed by atoms with Crippen molar-refractivity contribution in [2.45, 2.75) is 45.2 Å². The van der Waals surface area contributed by atoms with Crippen LogP contribution >= 0.6 is 0 Å². The fraction of sp³-hybridized carbons (Fsp3) is 0.556. The van der Waals surface area contributed by atoms with Crippen LogP contribution in [-0.2, 0) is 16.0 Å². The molecule has 1 aliphatic heterocycles. The molecule has 5 nitrogen and oxygen atoms in total. The molecular formula is C18H25F2N3O2. The highest BCUT2D eigenvalue weighted by atomic mass is 19.1. The van der Waals surface area contributed by atoms with E-state index >= 15 is 0 Å². The smallest absolute Gasteiger partial charge is 0.245 e. The SMILES string of the molecule is CCN1CCCN(C(=O)C[C@H](N)Cc2cc(F)ccc2F)[C@H](C)C1=O. The Kier molecular flexibility index (Phi) is 6.47. The van der Waals surface area contributed by atoms with Crippen LogP contribution in [0.15, 0.2) is 18.2 Å². The number of carbonyl (C=O) groups is 2. The van der Waals surface area contributed by atoms with Gasteiger partial charge in [-0.25, -0.2) is 8.78 Å². The number of nitrogens with two attached hydrogens (primary N) is 1. The number of benzene rings is 1. The second-order valence-corrected chi connectivity index (χ2v) is 6.44. The molecule has 7 heteroatoms. The van der Waals surface area contributed by atoms with Crippen molar-refractivity contribution in [2.75, 3.05) is 19.6 Å². The molecular weight excluding hydrogens is 328 g/mol. The Bertz CT molecular complexity index is 639. The van der Waals surface area contributed by atoms with Crippen molar-refractivity contribution in [3.05, 3.63) is 35.4 Å². The fourth-order valence-electron chi connectivity index (χ4n) is 3.18. The van der Waals surface area contributed by atoms with Crippen LogP contribution in [0.1, 0.15) is 32.3 Å². The van der Waals surface area contributed by atoms with Crippen LogP contribution in [0.25, 0.3) is 0 Å². The van der Waals surface area contributed by atoms with Gasteiger partial charge in [0.05, 0.1) is 0 Å². The maximum Gasteiger partial charge on any atom is 0.245 e. The molecule has 0 aromatic heterocycles. The number of carbonyl (C=O) groups excluding carboxylic acids is 2. The maximum atomic E-state index is 13.7. The van der Waals surface area contributed by atoms with Crippen molar-refractivity contribution in [1.29, 1.82) is 0 Å². The van der Waals surface area contributed by atoms with E-state index in [-0.39, 0.29) is 30.2 Å². The van der Waals surface area contributed by atoms with Crippen LogP contribution in [0.2, 0.25) is 0 Å². The highest BCUT2D eigenvalue weighted by Gasteiger charge is 2.31. The Morgan fingerprint density at radius 1 is 1.36 bits per heavy atom. The molecule has 1 saturated heterocycles. The number of rotatable bonds is 5. The minimum absolute atomic E-state index is 0.0142. The zero-order chi connectivity index (χ0) is 18.6. The predicted octanol–water partition coefficient (Wildman–Crippen LogP) is 1.69. The van der Waals surface area contributed by atoms with Crippen LogP contribution in [0.5, 0.6) is 0 Å². The summed E-state index contributed by atoms with van der Waals surface area (Å²) in [6, 6.07) is 2.01. The van der Waals surface area contributed by atoms with Gasteiger partial charge in [0.2, 0.25) is 11.8 Å². The number of hydrogen-bond donors (Lipinski definition) is 1. The van der Waals surface area contributed by atoms with Gasteiger partial charge in [0, 0.05) is 32.1 Å². The third kappa shape index (κ3) is 4.75. The summed E-state index contributed by atoms with van der Waals surface area (Å²) in [6.07, 6.45) is 0.760. The minimum Gasteiger partial charge on any atom is -0.341 e. The minimum atomic E-state index is -0.642. The molecule has 0 unspecified atom stereocenters. The molecule has 1 aromatic carbocycles. The van der Waals surface area contributed by atoms with Crippen molar-refractivity contribution in [3.63, 3.8) is 0 Å². The molecule has 1 fully saturated rings. The molecule has 0 aliphatic carbocycles. The molecule has 138 valence electrons. The molecule has 2 amide bonds. The fourth-order valence-corrected chi connectivity index (χ4v) is 3.18. The van der Waals surface area contributed by atoms with E-state index in [0.29, 0.717) is 26.1 Å². The summed E-state index contributed by atoms with van der Waals surface area (Å²) < 4.78 is 26.9. The van der Waals surface area contributed by atoms with Gasteiger partial charge in [0.15, 0.2) is 0 Å². The summed E-state index contributed by atoms with van der Waals surface area (Å²) in [7, 11) is 0. The topological polar surface area (TPSA) is 66.6 Å². The lowest BCUT2D eigenvalue weighted by Gasteiger charge is -2.28. The van der Waals surface area contributed by atoms with E-state index in [0.717, 1.165) is 18.2 Å². The number of amides is 2. The average Bonchev–Trinajstić information content (AvgIpc) is 2.70. The summed E-state index contributed by atoms with van der Waals surface area (Å²) in [5, 5.41) is 0. The van der Waals surface area contributed by atoms with Crippen molar-refractivity contribution in [1.82, 2.24) is 9.80 Å². The van der Waals surface area contributed by atoms with Gasteiger partial charge in [-0.3, -0.25) is 9.59 Å². The first-order valence-electron chi connectivity index (χ1n) is 8.61. The zero-order valence-electron chi connectivity index (χ0n) is 14.7. The molecule has 2 atom stereocenters. The zero-order valence-corrected chi connectivity index (χ0v) is 14.7. The quantitative estimate of drug-likeness (QED) is 0.876. The summed E-state index contributed by atoms with van der Waals surface area (Å²) in [5.41, 5.74) is 6.12. The van der Waals surface area contributed by atoms with E-state index in [1.807, 2.05) is 6.92 Å². The third-order valence-corrected chi connectivity index (χ3v) is 4.59. The average molecular weight is 353 g/mol. The molecule has 2 N–H and O–H groups in total. The Morgan fingerprint density at radius 2 is 2.08 bits per heavy atom. The number of hydrogen-bond acceptors (Lipinski definition) is 3. The first-order valence-corrected chi connectivity index (χ1v) is 8.61.